The summed E-state index contributed by atoms with van der Waals surface area (Å²) in [6.07, 6.45) is 2.43. The highest BCUT2D eigenvalue weighted by Crippen LogP contribution is 2.30. The number of rotatable bonds is 2. The lowest BCUT2D eigenvalue weighted by atomic mass is 10.1. The smallest absolute Gasteiger partial charge is 0.142 e. The summed E-state index contributed by atoms with van der Waals surface area (Å²) in [6.45, 7) is 3.24. The molecule has 3 aromatic rings. The highest BCUT2D eigenvalue weighted by atomic mass is 32.1. The van der Waals surface area contributed by atoms with Gasteiger partial charge in [-0.2, -0.15) is 0 Å². The quantitative estimate of drug-likeness (QED) is 0.773. The van der Waals surface area contributed by atoms with E-state index in [9.17, 15) is 0 Å². The van der Waals surface area contributed by atoms with E-state index in [1.54, 1.807) is 11.3 Å². The van der Waals surface area contributed by atoms with Crippen molar-refractivity contribution in [3.63, 3.8) is 0 Å². The maximum atomic E-state index is 4.80. The number of para-hydroxylation sites is 1. The maximum absolute atomic E-state index is 4.80. The zero-order valence-corrected chi connectivity index (χ0v) is 12.8. The Morgan fingerprint density at radius 2 is 2.14 bits per heavy atom. The van der Waals surface area contributed by atoms with Gasteiger partial charge in [0.2, 0.25) is 0 Å². The summed E-state index contributed by atoms with van der Waals surface area (Å²) in [4.78, 5) is 9.58. The molecule has 0 saturated carbocycles. The standard InChI is InChI=1S/C17H17N3S/c1-11-9-15(19-13-6-3-2-5-12(11)13)17-20-16(10-21-17)14-7-4-8-18-14/h2-3,5-6,9-10,14,18H,4,7-8H2,1H3/t14-/m0/s1. The van der Waals surface area contributed by atoms with Crippen LogP contribution >= 0.6 is 11.3 Å². The van der Waals surface area contributed by atoms with E-state index in [1.165, 1.54) is 29.5 Å². The predicted octanol–water partition coefficient (Wildman–Crippen LogP) is 4.09. The predicted molar refractivity (Wildman–Crippen MR) is 87.6 cm³/mol. The molecule has 1 aliphatic heterocycles. The third kappa shape index (κ3) is 2.34. The van der Waals surface area contributed by atoms with Gasteiger partial charge in [-0.3, -0.25) is 0 Å². The molecule has 1 atom stereocenters. The van der Waals surface area contributed by atoms with Crippen LogP contribution in [0.15, 0.2) is 35.7 Å². The van der Waals surface area contributed by atoms with Crippen molar-refractivity contribution in [1.82, 2.24) is 15.3 Å². The summed E-state index contributed by atoms with van der Waals surface area (Å²) in [5.74, 6) is 0. The Kier molecular flexibility index (Phi) is 3.20. The minimum Gasteiger partial charge on any atom is -0.309 e. The second kappa shape index (κ2) is 5.20. The van der Waals surface area contributed by atoms with Gasteiger partial charge in [0.25, 0.3) is 0 Å². The van der Waals surface area contributed by atoms with E-state index in [0.717, 1.165) is 22.8 Å². The van der Waals surface area contributed by atoms with Gasteiger partial charge in [0.05, 0.1) is 22.9 Å². The summed E-state index contributed by atoms with van der Waals surface area (Å²) in [5, 5.41) is 7.91. The molecule has 1 aromatic carbocycles. The molecule has 1 fully saturated rings. The van der Waals surface area contributed by atoms with Crippen LogP contribution in [0.4, 0.5) is 0 Å². The first-order valence-electron chi connectivity index (χ1n) is 7.37. The fourth-order valence-electron chi connectivity index (χ4n) is 2.96. The third-order valence-corrected chi connectivity index (χ3v) is 4.96. The SMILES string of the molecule is Cc1cc(-c2nc([C@@H]3CCCN3)cs2)nc2ccccc12. The van der Waals surface area contributed by atoms with Crippen LogP contribution in [0, 0.1) is 6.92 Å². The number of nitrogens with one attached hydrogen (secondary N) is 1. The van der Waals surface area contributed by atoms with Gasteiger partial charge in [-0.1, -0.05) is 18.2 Å². The maximum Gasteiger partial charge on any atom is 0.142 e. The van der Waals surface area contributed by atoms with Gasteiger partial charge in [-0.25, -0.2) is 9.97 Å². The third-order valence-electron chi connectivity index (χ3n) is 4.08. The van der Waals surface area contributed by atoms with Crippen LogP contribution in [0.25, 0.3) is 21.6 Å². The summed E-state index contributed by atoms with van der Waals surface area (Å²) in [5.41, 5.74) is 4.45. The Balaban J connectivity index is 1.76. The zero-order chi connectivity index (χ0) is 14.2. The van der Waals surface area contributed by atoms with Gasteiger partial charge in [-0.15, -0.1) is 11.3 Å². The fourth-order valence-corrected chi connectivity index (χ4v) is 3.79. The van der Waals surface area contributed by atoms with Crippen LogP contribution in [0.2, 0.25) is 0 Å². The first-order valence-corrected chi connectivity index (χ1v) is 8.25. The number of nitrogens with zero attached hydrogens (tertiary/aromatic N) is 2. The van der Waals surface area contributed by atoms with E-state index in [1.807, 2.05) is 6.07 Å². The van der Waals surface area contributed by atoms with E-state index in [0.29, 0.717) is 6.04 Å². The average molecular weight is 295 g/mol. The second-order valence-corrected chi connectivity index (χ2v) is 6.43. The number of benzene rings is 1. The molecule has 4 rings (SSSR count). The molecule has 2 aromatic heterocycles. The molecule has 0 bridgehead atoms. The van der Waals surface area contributed by atoms with Gasteiger partial charge in [0, 0.05) is 10.8 Å². The molecule has 0 amide bonds. The topological polar surface area (TPSA) is 37.8 Å². The normalized spacial score (nSPS) is 18.4. The van der Waals surface area contributed by atoms with Crippen molar-refractivity contribution in [2.24, 2.45) is 0 Å². The molecule has 1 N–H and O–H groups in total. The number of fused-ring (bicyclic) bond motifs is 1. The summed E-state index contributed by atoms with van der Waals surface area (Å²) in [7, 11) is 0. The van der Waals surface area contributed by atoms with E-state index < -0.39 is 0 Å². The Hall–Kier alpha value is -1.78. The highest BCUT2D eigenvalue weighted by molar-refractivity contribution is 7.13. The van der Waals surface area contributed by atoms with Crippen molar-refractivity contribution in [3.8, 4) is 10.7 Å². The molecule has 0 radical (unpaired) electrons. The van der Waals surface area contributed by atoms with Crippen molar-refractivity contribution in [1.29, 1.82) is 0 Å². The Bertz CT molecular complexity index is 788. The first-order chi connectivity index (χ1) is 10.3. The molecular formula is C17H17N3S. The van der Waals surface area contributed by atoms with Crippen molar-refractivity contribution in [2.75, 3.05) is 6.54 Å². The van der Waals surface area contributed by atoms with Crippen LogP contribution < -0.4 is 5.32 Å². The summed E-state index contributed by atoms with van der Waals surface area (Å²) >= 11 is 1.69. The largest absolute Gasteiger partial charge is 0.309 e. The number of hydrogen-bond donors (Lipinski definition) is 1. The number of aryl methyl sites for hydroxylation is 1. The molecule has 1 aliphatic rings. The highest BCUT2D eigenvalue weighted by Gasteiger charge is 2.19. The number of thiazole rings is 1. The molecule has 1 saturated heterocycles. The monoisotopic (exact) mass is 295 g/mol. The van der Waals surface area contributed by atoms with E-state index in [2.05, 4.69) is 41.9 Å². The summed E-state index contributed by atoms with van der Waals surface area (Å²) in [6, 6.07) is 10.9. The van der Waals surface area contributed by atoms with Gasteiger partial charge in [-0.05, 0) is 44.0 Å². The molecule has 21 heavy (non-hydrogen) atoms. The molecule has 0 unspecified atom stereocenters. The minimum absolute atomic E-state index is 0.427. The van der Waals surface area contributed by atoms with Crippen molar-refractivity contribution in [2.45, 2.75) is 25.8 Å². The zero-order valence-electron chi connectivity index (χ0n) is 12.0. The first kappa shape index (κ1) is 12.9. The van der Waals surface area contributed by atoms with Gasteiger partial charge in [0.15, 0.2) is 0 Å². The van der Waals surface area contributed by atoms with Crippen LogP contribution in [0.3, 0.4) is 0 Å². The Labute approximate surface area is 128 Å². The lowest BCUT2D eigenvalue weighted by molar-refractivity contribution is 0.632. The van der Waals surface area contributed by atoms with Gasteiger partial charge >= 0.3 is 0 Å². The van der Waals surface area contributed by atoms with Gasteiger partial charge < -0.3 is 5.32 Å². The van der Waals surface area contributed by atoms with E-state index in [4.69, 9.17) is 9.97 Å². The van der Waals surface area contributed by atoms with Crippen molar-refractivity contribution < 1.29 is 0 Å². The van der Waals surface area contributed by atoms with Crippen LogP contribution in [0.5, 0.6) is 0 Å². The molecule has 3 heterocycles. The van der Waals surface area contributed by atoms with Crippen LogP contribution in [0.1, 0.15) is 30.1 Å². The van der Waals surface area contributed by atoms with Crippen molar-refractivity contribution >= 4 is 22.2 Å². The minimum atomic E-state index is 0.427. The number of aromatic nitrogens is 2. The Morgan fingerprint density at radius 1 is 1.24 bits per heavy atom. The molecular weight excluding hydrogens is 278 g/mol. The lowest BCUT2D eigenvalue weighted by Gasteiger charge is -2.06. The number of pyridine rings is 1. The summed E-state index contributed by atoms with van der Waals surface area (Å²) < 4.78 is 0. The average Bonchev–Trinajstić information content (AvgIpc) is 3.18. The van der Waals surface area contributed by atoms with E-state index >= 15 is 0 Å². The number of hydrogen-bond acceptors (Lipinski definition) is 4. The lowest BCUT2D eigenvalue weighted by Crippen LogP contribution is -2.12. The molecule has 0 aliphatic carbocycles. The van der Waals surface area contributed by atoms with Crippen LogP contribution in [-0.2, 0) is 0 Å². The van der Waals surface area contributed by atoms with E-state index in [-0.39, 0.29) is 0 Å². The molecule has 106 valence electrons. The Morgan fingerprint density at radius 3 is 3.00 bits per heavy atom. The van der Waals surface area contributed by atoms with Crippen LogP contribution in [-0.4, -0.2) is 16.5 Å². The van der Waals surface area contributed by atoms with Crippen molar-refractivity contribution in [3.05, 3.63) is 47.0 Å². The molecule has 0 spiro atoms. The fraction of sp³-hybridized carbons (Fsp3) is 0.294. The second-order valence-electron chi connectivity index (χ2n) is 5.57. The molecule has 3 nitrogen and oxygen atoms in total. The molecule has 4 heteroatoms. The van der Waals surface area contributed by atoms with Gasteiger partial charge in [0.1, 0.15) is 5.01 Å².